The molecule has 0 fully saturated rings. The summed E-state index contributed by atoms with van der Waals surface area (Å²) in [4.78, 5) is 37.7. The summed E-state index contributed by atoms with van der Waals surface area (Å²) in [7, 11) is 1.46. The molecule has 10 heteroatoms. The lowest BCUT2D eigenvalue weighted by Gasteiger charge is -2.27. The Bertz CT molecular complexity index is 1560. The molecule has 0 aliphatic rings. The Hall–Kier alpha value is -2.81. The first-order valence-electron chi connectivity index (χ1n) is 31.0. The Labute approximate surface area is 463 Å². The molecule has 1 amide bonds. The lowest BCUT2D eigenvalue weighted by atomic mass is 10.0. The zero-order valence-electron chi connectivity index (χ0n) is 49.5. The van der Waals surface area contributed by atoms with E-state index in [4.69, 9.17) is 13.8 Å². The van der Waals surface area contributed by atoms with Crippen LogP contribution in [0.1, 0.15) is 265 Å². The van der Waals surface area contributed by atoms with Crippen LogP contribution in [0.3, 0.4) is 0 Å². The van der Waals surface area contributed by atoms with Gasteiger partial charge in [0.15, 0.2) is 0 Å². The number of phosphoric ester groups is 1. The summed E-state index contributed by atoms with van der Waals surface area (Å²) >= 11 is 0. The van der Waals surface area contributed by atoms with Crippen molar-refractivity contribution in [1.29, 1.82) is 0 Å². The molecular formula is C65H118N2O7P+. The Morgan fingerprint density at radius 1 is 0.480 bits per heavy atom. The number of quaternary nitrogens is 1. The van der Waals surface area contributed by atoms with Crippen LogP contribution in [-0.4, -0.2) is 74.3 Å². The highest BCUT2D eigenvalue weighted by molar-refractivity contribution is 7.47. The molecular weight excluding hydrogens is 952 g/mol. The number of unbranched alkanes of at least 4 members (excludes halogenated alkanes) is 32. The Kier molecular flexibility index (Phi) is 52.5. The second kappa shape index (κ2) is 54.5. The van der Waals surface area contributed by atoms with Gasteiger partial charge >= 0.3 is 13.8 Å². The molecule has 0 rings (SSSR count). The molecule has 3 unspecified atom stereocenters. The monoisotopic (exact) mass is 1070 g/mol. The van der Waals surface area contributed by atoms with Gasteiger partial charge < -0.3 is 19.4 Å². The minimum Gasteiger partial charge on any atom is -0.456 e. The maximum atomic E-state index is 13.5. The smallest absolute Gasteiger partial charge is 0.456 e. The van der Waals surface area contributed by atoms with Gasteiger partial charge in [-0.05, 0) is 51.0 Å². The van der Waals surface area contributed by atoms with Gasteiger partial charge in [0.2, 0.25) is 5.91 Å². The number of rotatable bonds is 55. The minimum atomic E-state index is -4.46. The van der Waals surface area contributed by atoms with E-state index in [1.54, 1.807) is 0 Å². The van der Waals surface area contributed by atoms with Gasteiger partial charge in [0, 0.05) is 12.8 Å². The molecule has 0 heterocycles. The fourth-order valence-corrected chi connectivity index (χ4v) is 9.47. The summed E-state index contributed by atoms with van der Waals surface area (Å²) < 4.78 is 30.7. The van der Waals surface area contributed by atoms with E-state index >= 15 is 0 Å². The summed E-state index contributed by atoms with van der Waals surface area (Å²) in [6.07, 6.45) is 71.5. The van der Waals surface area contributed by atoms with Crippen molar-refractivity contribution in [1.82, 2.24) is 5.32 Å². The van der Waals surface area contributed by atoms with Gasteiger partial charge in [-0.25, -0.2) is 4.57 Å². The molecule has 0 bridgehead atoms. The van der Waals surface area contributed by atoms with E-state index in [1.165, 1.54) is 161 Å². The first-order chi connectivity index (χ1) is 36.4. The van der Waals surface area contributed by atoms with Gasteiger partial charge in [-0.1, -0.05) is 286 Å². The standard InChI is InChI=1S/C65H117N2O7P/c1-7-10-13-16-19-22-25-28-30-32-33-35-37-40-43-46-49-52-55-58-65(69)74-63(56-53-50-47-44-41-38-27-24-21-18-15-12-9-3)62(61-73-75(70,71)72-60-59-67(4,5)6)66-64(68)57-54-51-48-45-42-39-36-34-31-29-26-23-20-17-14-11-8-2/h11,14,17,20,23,26,29,31,34,36,39,42,53,56,62-63H,7-10,12-13,15-16,18-19,21-22,24-25,27-28,30,32-33,35,37-38,40-41,43-52,54-55,57-61H2,1-6H3,(H-,66,68,70,71)/p+1/b14-11-,20-17+,26-23+,31-29-,36-34+,42-39+,56-53+. The lowest BCUT2D eigenvalue weighted by Crippen LogP contribution is -2.47. The highest BCUT2D eigenvalue weighted by atomic mass is 31.2. The van der Waals surface area contributed by atoms with E-state index < -0.39 is 20.0 Å². The number of amides is 1. The van der Waals surface area contributed by atoms with Crippen LogP contribution in [0.5, 0.6) is 0 Å². The Balaban J connectivity index is 5.35. The summed E-state index contributed by atoms with van der Waals surface area (Å²) in [6, 6.07) is -0.874. The zero-order valence-corrected chi connectivity index (χ0v) is 50.4. The van der Waals surface area contributed by atoms with Crippen molar-refractivity contribution in [2.45, 2.75) is 277 Å². The molecule has 434 valence electrons. The molecule has 0 aliphatic heterocycles. The van der Waals surface area contributed by atoms with Gasteiger partial charge in [-0.3, -0.25) is 18.6 Å². The van der Waals surface area contributed by atoms with Crippen molar-refractivity contribution >= 4 is 19.7 Å². The minimum absolute atomic E-state index is 0.0285. The first-order valence-corrected chi connectivity index (χ1v) is 32.5. The molecule has 3 atom stereocenters. The number of carbonyl (C=O) groups is 2. The normalized spacial score (nSPS) is 14.3. The van der Waals surface area contributed by atoms with Crippen LogP contribution >= 0.6 is 7.82 Å². The number of hydrogen-bond donors (Lipinski definition) is 2. The van der Waals surface area contributed by atoms with Gasteiger partial charge in [-0.15, -0.1) is 0 Å². The summed E-state index contributed by atoms with van der Waals surface area (Å²) in [5.74, 6) is -0.552. The van der Waals surface area contributed by atoms with Crippen LogP contribution in [0, 0.1) is 0 Å². The number of hydrogen-bond acceptors (Lipinski definition) is 6. The number of esters is 1. The molecule has 0 saturated heterocycles. The highest BCUT2D eigenvalue weighted by Gasteiger charge is 2.30. The SMILES string of the molecule is CC\C=C/C=C/C=C/C=C\C=C\C=C\CCCCCC(=O)NC(COP(=O)(O)OCC[N+](C)(C)C)C(/C=C/CCCCCCCCCCCCC)OC(=O)CCCCCCCCCCCCCCCCCCCCC. The highest BCUT2D eigenvalue weighted by Crippen LogP contribution is 2.43. The van der Waals surface area contributed by atoms with Crippen molar-refractivity contribution in [3.05, 3.63) is 85.1 Å². The largest absolute Gasteiger partial charge is 0.472 e. The van der Waals surface area contributed by atoms with Crippen molar-refractivity contribution in [2.24, 2.45) is 0 Å². The number of carbonyl (C=O) groups excluding carboxylic acids is 2. The molecule has 2 N–H and O–H groups in total. The molecule has 0 saturated carbocycles. The summed E-state index contributed by atoms with van der Waals surface area (Å²) in [5, 5.41) is 3.03. The second-order valence-electron chi connectivity index (χ2n) is 22.0. The zero-order chi connectivity index (χ0) is 55.0. The molecule has 0 aromatic rings. The van der Waals surface area contributed by atoms with E-state index in [-0.39, 0.29) is 37.9 Å². The fraction of sp³-hybridized carbons (Fsp3) is 0.754. The Morgan fingerprint density at radius 2 is 0.853 bits per heavy atom. The van der Waals surface area contributed by atoms with Crippen molar-refractivity contribution in [2.75, 3.05) is 40.9 Å². The summed E-state index contributed by atoms with van der Waals surface area (Å²) in [6.45, 7) is 6.85. The van der Waals surface area contributed by atoms with E-state index in [0.717, 1.165) is 64.2 Å². The van der Waals surface area contributed by atoms with Crippen LogP contribution in [-0.2, 0) is 27.9 Å². The van der Waals surface area contributed by atoms with Crippen LogP contribution < -0.4 is 5.32 Å². The number of nitrogens with one attached hydrogen (secondary N) is 1. The maximum Gasteiger partial charge on any atom is 0.472 e. The van der Waals surface area contributed by atoms with E-state index in [2.05, 4.69) is 38.2 Å². The molecule has 75 heavy (non-hydrogen) atoms. The van der Waals surface area contributed by atoms with Crippen LogP contribution in [0.15, 0.2) is 85.1 Å². The lowest BCUT2D eigenvalue weighted by molar-refractivity contribution is -0.870. The number of ether oxygens (including phenoxy) is 1. The van der Waals surface area contributed by atoms with E-state index in [0.29, 0.717) is 17.4 Å². The first kappa shape index (κ1) is 72.2. The fourth-order valence-electron chi connectivity index (χ4n) is 8.74. The molecule has 0 aromatic heterocycles. The van der Waals surface area contributed by atoms with Crippen LogP contribution in [0.4, 0.5) is 0 Å². The number of likely N-dealkylation sites (N-methyl/N-ethyl adjacent to an activating group) is 1. The maximum absolute atomic E-state index is 13.5. The van der Waals surface area contributed by atoms with Gasteiger partial charge in [-0.2, -0.15) is 0 Å². The number of nitrogens with zero attached hydrogens (tertiary/aromatic N) is 1. The topological polar surface area (TPSA) is 111 Å². The average Bonchev–Trinajstić information content (AvgIpc) is 3.37. The van der Waals surface area contributed by atoms with Gasteiger partial charge in [0.05, 0.1) is 33.8 Å². The number of phosphoric acid groups is 1. The van der Waals surface area contributed by atoms with Gasteiger partial charge in [0.25, 0.3) is 0 Å². The summed E-state index contributed by atoms with van der Waals surface area (Å²) in [5.41, 5.74) is 0. The molecule has 0 spiro atoms. The predicted molar refractivity (Wildman–Crippen MR) is 323 cm³/mol. The van der Waals surface area contributed by atoms with Crippen molar-refractivity contribution in [3.63, 3.8) is 0 Å². The molecule has 0 aliphatic carbocycles. The van der Waals surface area contributed by atoms with E-state index in [1.807, 2.05) is 94.1 Å². The Morgan fingerprint density at radius 3 is 1.29 bits per heavy atom. The second-order valence-corrected chi connectivity index (χ2v) is 23.5. The number of allylic oxidation sites excluding steroid dienone is 13. The van der Waals surface area contributed by atoms with Crippen molar-refractivity contribution < 1.29 is 37.3 Å². The molecule has 0 radical (unpaired) electrons. The third-order valence-corrected chi connectivity index (χ3v) is 14.5. The third-order valence-electron chi connectivity index (χ3n) is 13.5. The third kappa shape index (κ3) is 55.7. The quantitative estimate of drug-likeness (QED) is 0.0156. The molecule has 0 aromatic carbocycles. The van der Waals surface area contributed by atoms with Gasteiger partial charge in [0.1, 0.15) is 19.3 Å². The molecule has 9 nitrogen and oxygen atoms in total. The van der Waals surface area contributed by atoms with E-state index in [9.17, 15) is 19.0 Å². The van der Waals surface area contributed by atoms with Crippen LogP contribution in [0.25, 0.3) is 0 Å². The van der Waals surface area contributed by atoms with Crippen LogP contribution in [0.2, 0.25) is 0 Å². The van der Waals surface area contributed by atoms with Crippen molar-refractivity contribution in [3.8, 4) is 0 Å². The predicted octanol–water partition coefficient (Wildman–Crippen LogP) is 19.0. The average molecular weight is 1070 g/mol.